The van der Waals surface area contributed by atoms with Crippen LogP contribution in [0.3, 0.4) is 0 Å². The van der Waals surface area contributed by atoms with Crippen LogP contribution in [0.25, 0.3) is 0 Å². The molecule has 66 valence electrons. The van der Waals surface area contributed by atoms with Gasteiger partial charge in [0.1, 0.15) is 0 Å². The third-order valence-electron chi connectivity index (χ3n) is 2.37. The highest BCUT2D eigenvalue weighted by Crippen LogP contribution is 2.38. The summed E-state index contributed by atoms with van der Waals surface area (Å²) < 4.78 is 5.55. The van der Waals surface area contributed by atoms with Gasteiger partial charge < -0.3 is 4.74 Å². The van der Waals surface area contributed by atoms with Crippen molar-refractivity contribution in [3.8, 4) is 0 Å². The van der Waals surface area contributed by atoms with Crippen LogP contribution in [-0.4, -0.2) is 13.2 Å². The Hall–Kier alpha value is -0.0400. The van der Waals surface area contributed by atoms with Crippen molar-refractivity contribution >= 4 is 0 Å². The molecule has 1 saturated heterocycles. The Balaban J connectivity index is 2.62. The largest absolute Gasteiger partial charge is 0.381 e. The Morgan fingerprint density at radius 3 is 2.27 bits per heavy atom. The van der Waals surface area contributed by atoms with Crippen LogP contribution in [0.4, 0.5) is 0 Å². The van der Waals surface area contributed by atoms with Crippen LogP contribution in [-0.2, 0) is 4.74 Å². The van der Waals surface area contributed by atoms with Crippen LogP contribution in [0, 0.1) is 10.8 Å². The third kappa shape index (κ3) is 2.82. The van der Waals surface area contributed by atoms with Gasteiger partial charge in [0.05, 0.1) is 6.61 Å². The van der Waals surface area contributed by atoms with Gasteiger partial charge in [0.25, 0.3) is 0 Å². The molecule has 1 fully saturated rings. The molecule has 0 atom stereocenters. The van der Waals surface area contributed by atoms with E-state index in [2.05, 4.69) is 27.7 Å². The van der Waals surface area contributed by atoms with E-state index in [-0.39, 0.29) is 0 Å². The average molecular weight is 156 g/mol. The molecule has 11 heavy (non-hydrogen) atoms. The average Bonchev–Trinajstić information content (AvgIpc) is 1.86. The van der Waals surface area contributed by atoms with Gasteiger partial charge in [-0.05, 0) is 23.7 Å². The summed E-state index contributed by atoms with van der Waals surface area (Å²) >= 11 is 0. The van der Waals surface area contributed by atoms with Gasteiger partial charge in [-0.2, -0.15) is 0 Å². The van der Waals surface area contributed by atoms with E-state index in [0.717, 1.165) is 13.2 Å². The van der Waals surface area contributed by atoms with Gasteiger partial charge in [0.2, 0.25) is 0 Å². The number of ether oxygens (including phenoxy) is 1. The van der Waals surface area contributed by atoms with Gasteiger partial charge in [-0.25, -0.2) is 0 Å². The van der Waals surface area contributed by atoms with E-state index in [1.54, 1.807) is 0 Å². The van der Waals surface area contributed by atoms with E-state index < -0.39 is 0 Å². The van der Waals surface area contributed by atoms with Gasteiger partial charge in [0, 0.05) is 6.61 Å². The highest BCUT2D eigenvalue weighted by atomic mass is 16.5. The monoisotopic (exact) mass is 156 g/mol. The molecule has 0 saturated carbocycles. The fraction of sp³-hybridized carbons (Fsp3) is 1.00. The minimum Gasteiger partial charge on any atom is -0.381 e. The Morgan fingerprint density at radius 1 is 1.00 bits per heavy atom. The Labute approximate surface area is 70.1 Å². The summed E-state index contributed by atoms with van der Waals surface area (Å²) in [7, 11) is 0. The first-order chi connectivity index (χ1) is 4.91. The van der Waals surface area contributed by atoms with Crippen LogP contribution in [0.5, 0.6) is 0 Å². The Kier molecular flexibility index (Phi) is 2.29. The minimum absolute atomic E-state index is 0.375. The van der Waals surface area contributed by atoms with Crippen LogP contribution in [0.2, 0.25) is 0 Å². The van der Waals surface area contributed by atoms with Crippen molar-refractivity contribution in [1.82, 2.24) is 0 Å². The zero-order valence-electron chi connectivity index (χ0n) is 8.24. The van der Waals surface area contributed by atoms with Crippen molar-refractivity contribution in [2.75, 3.05) is 13.2 Å². The SMILES string of the molecule is CC1(C)CCOCC(C)(C)C1. The predicted molar refractivity (Wildman–Crippen MR) is 47.6 cm³/mol. The lowest BCUT2D eigenvalue weighted by Gasteiger charge is -2.30. The Morgan fingerprint density at radius 2 is 1.64 bits per heavy atom. The zero-order valence-corrected chi connectivity index (χ0v) is 8.24. The first kappa shape index (κ1) is 9.05. The zero-order chi connectivity index (χ0) is 8.54. The van der Waals surface area contributed by atoms with Crippen LogP contribution in [0.1, 0.15) is 40.5 Å². The molecule has 0 N–H and O–H groups in total. The molecule has 0 spiro atoms. The van der Waals surface area contributed by atoms with Crippen molar-refractivity contribution in [3.05, 3.63) is 0 Å². The van der Waals surface area contributed by atoms with Gasteiger partial charge in [-0.15, -0.1) is 0 Å². The van der Waals surface area contributed by atoms with Crippen LogP contribution in [0.15, 0.2) is 0 Å². The number of hydrogen-bond acceptors (Lipinski definition) is 1. The highest BCUT2D eigenvalue weighted by Gasteiger charge is 2.31. The van der Waals surface area contributed by atoms with E-state index in [1.165, 1.54) is 12.8 Å². The molecule has 0 aromatic heterocycles. The van der Waals surface area contributed by atoms with Gasteiger partial charge in [0.15, 0.2) is 0 Å². The topological polar surface area (TPSA) is 9.23 Å². The van der Waals surface area contributed by atoms with Crippen molar-refractivity contribution in [1.29, 1.82) is 0 Å². The highest BCUT2D eigenvalue weighted by molar-refractivity contribution is 4.81. The molecule has 1 heterocycles. The summed E-state index contributed by atoms with van der Waals surface area (Å²) in [6.07, 6.45) is 2.48. The van der Waals surface area contributed by atoms with Crippen LogP contribution < -0.4 is 0 Å². The second kappa shape index (κ2) is 2.78. The van der Waals surface area contributed by atoms with E-state index in [9.17, 15) is 0 Å². The van der Waals surface area contributed by atoms with Gasteiger partial charge >= 0.3 is 0 Å². The molecule has 0 aromatic carbocycles. The molecule has 0 bridgehead atoms. The summed E-state index contributed by atoms with van der Waals surface area (Å²) in [5, 5.41) is 0. The number of hydrogen-bond donors (Lipinski definition) is 0. The molecule has 0 aliphatic carbocycles. The molecule has 0 radical (unpaired) electrons. The fourth-order valence-electron chi connectivity index (χ4n) is 2.13. The Bertz CT molecular complexity index is 120. The van der Waals surface area contributed by atoms with E-state index in [4.69, 9.17) is 4.74 Å². The molecule has 0 unspecified atom stereocenters. The summed E-state index contributed by atoms with van der Waals surface area (Å²) in [5.74, 6) is 0. The van der Waals surface area contributed by atoms with Crippen molar-refractivity contribution in [2.24, 2.45) is 10.8 Å². The maximum absolute atomic E-state index is 5.55. The molecule has 1 heteroatoms. The first-order valence-electron chi connectivity index (χ1n) is 4.49. The first-order valence-corrected chi connectivity index (χ1v) is 4.49. The third-order valence-corrected chi connectivity index (χ3v) is 2.37. The maximum atomic E-state index is 5.55. The minimum atomic E-state index is 0.375. The molecule has 0 aromatic rings. The van der Waals surface area contributed by atoms with Crippen molar-refractivity contribution in [2.45, 2.75) is 40.5 Å². The lowest BCUT2D eigenvalue weighted by Crippen LogP contribution is -2.23. The molecule has 1 rings (SSSR count). The fourth-order valence-corrected chi connectivity index (χ4v) is 2.13. The van der Waals surface area contributed by atoms with Crippen molar-refractivity contribution in [3.63, 3.8) is 0 Å². The molecule has 1 aliphatic heterocycles. The molecule has 1 nitrogen and oxygen atoms in total. The molecule has 0 amide bonds. The van der Waals surface area contributed by atoms with Gasteiger partial charge in [-0.3, -0.25) is 0 Å². The number of rotatable bonds is 0. The standard InChI is InChI=1S/C10H20O/c1-9(2)5-6-11-8-10(3,4)7-9/h5-8H2,1-4H3. The summed E-state index contributed by atoms with van der Waals surface area (Å²) in [6.45, 7) is 11.1. The van der Waals surface area contributed by atoms with Crippen molar-refractivity contribution < 1.29 is 4.74 Å². The van der Waals surface area contributed by atoms with E-state index >= 15 is 0 Å². The van der Waals surface area contributed by atoms with Crippen LogP contribution >= 0.6 is 0 Å². The smallest absolute Gasteiger partial charge is 0.0517 e. The molecular formula is C10H20O. The molecular weight excluding hydrogens is 136 g/mol. The van der Waals surface area contributed by atoms with E-state index in [0.29, 0.717) is 10.8 Å². The van der Waals surface area contributed by atoms with E-state index in [1.807, 2.05) is 0 Å². The second-order valence-corrected chi connectivity index (χ2v) is 5.31. The quantitative estimate of drug-likeness (QED) is 0.524. The molecule has 1 aliphatic rings. The lowest BCUT2D eigenvalue weighted by atomic mass is 9.75. The maximum Gasteiger partial charge on any atom is 0.0517 e. The summed E-state index contributed by atoms with van der Waals surface area (Å²) in [4.78, 5) is 0. The normalized spacial score (nSPS) is 29.5. The summed E-state index contributed by atoms with van der Waals surface area (Å²) in [6, 6.07) is 0. The second-order valence-electron chi connectivity index (χ2n) is 5.31. The summed E-state index contributed by atoms with van der Waals surface area (Å²) in [5.41, 5.74) is 0.847. The lowest BCUT2D eigenvalue weighted by molar-refractivity contribution is 0.0797. The van der Waals surface area contributed by atoms with Gasteiger partial charge in [-0.1, -0.05) is 27.7 Å². The predicted octanol–water partition coefficient (Wildman–Crippen LogP) is 2.85.